The first-order chi connectivity index (χ1) is 15.9. The molecule has 2 aromatic rings. The van der Waals surface area contributed by atoms with Crippen molar-refractivity contribution in [1.29, 1.82) is 0 Å². The van der Waals surface area contributed by atoms with Crippen LogP contribution in [0.5, 0.6) is 0 Å². The third kappa shape index (κ3) is 7.10. The number of sulfonamides is 1. The minimum Gasteiger partial charge on any atom is -0.354 e. The Balaban J connectivity index is 2.48. The molecule has 2 rings (SSSR count). The van der Waals surface area contributed by atoms with Crippen molar-refractivity contribution in [3.63, 3.8) is 0 Å². The number of hydrogen-bond donors (Lipinski definition) is 1. The largest absolute Gasteiger partial charge is 0.354 e. The molecule has 0 saturated heterocycles. The lowest BCUT2D eigenvalue weighted by molar-refractivity contribution is -0.139. The summed E-state index contributed by atoms with van der Waals surface area (Å²) in [6, 6.07) is 9.48. The Morgan fingerprint density at radius 2 is 1.71 bits per heavy atom. The first kappa shape index (κ1) is 28.0. The standard InChI is InChI=1S/C24H31Cl2N3O4S/c1-6-12-27-24(31)18(4)28(14-19-20(25)8-7-9-21(19)26)23(30)15-29(34(5,32)33)22-13-16(2)10-11-17(22)3/h7-11,13,18H,6,12,14-15H2,1-5H3,(H,27,31)/t18-/m0/s1. The van der Waals surface area contributed by atoms with Gasteiger partial charge in [-0.05, 0) is 56.5 Å². The highest BCUT2D eigenvalue weighted by Gasteiger charge is 2.31. The van der Waals surface area contributed by atoms with Crippen LogP contribution >= 0.6 is 23.2 Å². The average molecular weight is 529 g/mol. The fraction of sp³-hybridized carbons (Fsp3) is 0.417. The molecule has 7 nitrogen and oxygen atoms in total. The van der Waals surface area contributed by atoms with Crippen LogP contribution in [0.2, 0.25) is 10.0 Å². The monoisotopic (exact) mass is 527 g/mol. The van der Waals surface area contributed by atoms with Crippen LogP contribution in [0, 0.1) is 13.8 Å². The maximum Gasteiger partial charge on any atom is 0.244 e. The molecule has 0 bridgehead atoms. The van der Waals surface area contributed by atoms with Gasteiger partial charge in [0.25, 0.3) is 0 Å². The van der Waals surface area contributed by atoms with Gasteiger partial charge in [-0.2, -0.15) is 0 Å². The lowest BCUT2D eigenvalue weighted by Crippen LogP contribution is -2.51. The van der Waals surface area contributed by atoms with Gasteiger partial charge in [0, 0.05) is 28.7 Å². The smallest absolute Gasteiger partial charge is 0.244 e. The van der Waals surface area contributed by atoms with Crippen molar-refractivity contribution in [3.05, 3.63) is 63.1 Å². The van der Waals surface area contributed by atoms with Gasteiger partial charge in [0.15, 0.2) is 0 Å². The summed E-state index contributed by atoms with van der Waals surface area (Å²) in [5.74, 6) is -0.905. The van der Waals surface area contributed by atoms with Crippen molar-refractivity contribution < 1.29 is 18.0 Å². The maximum absolute atomic E-state index is 13.6. The van der Waals surface area contributed by atoms with Gasteiger partial charge in [-0.1, -0.05) is 48.3 Å². The maximum atomic E-state index is 13.6. The molecule has 2 amide bonds. The summed E-state index contributed by atoms with van der Waals surface area (Å²) in [4.78, 5) is 27.6. The summed E-state index contributed by atoms with van der Waals surface area (Å²) in [7, 11) is -3.80. The Kier molecular flexibility index (Phi) is 9.79. The van der Waals surface area contributed by atoms with Gasteiger partial charge in [0.2, 0.25) is 21.8 Å². The molecule has 34 heavy (non-hydrogen) atoms. The second-order valence-electron chi connectivity index (χ2n) is 8.25. The third-order valence-corrected chi connectivity index (χ3v) is 7.25. The zero-order valence-electron chi connectivity index (χ0n) is 20.1. The van der Waals surface area contributed by atoms with Gasteiger partial charge in [0.05, 0.1) is 11.9 Å². The number of hydrogen-bond acceptors (Lipinski definition) is 4. The molecule has 2 aromatic carbocycles. The summed E-state index contributed by atoms with van der Waals surface area (Å²) < 4.78 is 26.5. The van der Waals surface area contributed by atoms with Crippen LogP contribution in [0.15, 0.2) is 36.4 Å². The molecule has 0 aliphatic rings. The Hall–Kier alpha value is -2.29. The number of halogens is 2. The van der Waals surface area contributed by atoms with E-state index in [9.17, 15) is 18.0 Å². The van der Waals surface area contributed by atoms with Crippen LogP contribution in [0.4, 0.5) is 5.69 Å². The molecule has 1 N–H and O–H groups in total. The van der Waals surface area contributed by atoms with E-state index in [1.807, 2.05) is 19.9 Å². The highest BCUT2D eigenvalue weighted by molar-refractivity contribution is 7.92. The molecule has 0 radical (unpaired) electrons. The number of amides is 2. The van der Waals surface area contributed by atoms with Crippen molar-refractivity contribution in [3.8, 4) is 0 Å². The summed E-state index contributed by atoms with van der Waals surface area (Å²) in [5, 5.41) is 3.48. The van der Waals surface area contributed by atoms with E-state index in [1.165, 1.54) is 4.90 Å². The van der Waals surface area contributed by atoms with Crippen molar-refractivity contribution in [1.82, 2.24) is 10.2 Å². The molecule has 0 fully saturated rings. The molecule has 186 valence electrons. The third-order valence-electron chi connectivity index (χ3n) is 5.42. The van der Waals surface area contributed by atoms with E-state index in [0.717, 1.165) is 22.5 Å². The highest BCUT2D eigenvalue weighted by Crippen LogP contribution is 2.28. The first-order valence-electron chi connectivity index (χ1n) is 10.9. The lowest BCUT2D eigenvalue weighted by Gasteiger charge is -2.32. The zero-order chi connectivity index (χ0) is 25.6. The molecular weight excluding hydrogens is 497 g/mol. The summed E-state index contributed by atoms with van der Waals surface area (Å²) in [5.41, 5.74) is 2.45. The van der Waals surface area contributed by atoms with Crippen LogP contribution in [-0.4, -0.2) is 50.5 Å². The number of carbonyl (C=O) groups is 2. The molecular formula is C24H31Cl2N3O4S. The van der Waals surface area contributed by atoms with Crippen LogP contribution < -0.4 is 9.62 Å². The van der Waals surface area contributed by atoms with E-state index in [4.69, 9.17) is 23.2 Å². The minimum absolute atomic E-state index is 0.0531. The number of anilines is 1. The van der Waals surface area contributed by atoms with Gasteiger partial charge < -0.3 is 10.2 Å². The van der Waals surface area contributed by atoms with Crippen molar-refractivity contribution >= 4 is 50.7 Å². The van der Waals surface area contributed by atoms with Gasteiger partial charge >= 0.3 is 0 Å². The number of aryl methyl sites for hydroxylation is 2. The molecule has 0 heterocycles. The Morgan fingerprint density at radius 1 is 1.09 bits per heavy atom. The van der Waals surface area contributed by atoms with E-state index in [1.54, 1.807) is 44.2 Å². The number of benzene rings is 2. The minimum atomic E-state index is -3.80. The molecule has 0 unspecified atom stereocenters. The zero-order valence-corrected chi connectivity index (χ0v) is 22.4. The van der Waals surface area contributed by atoms with Gasteiger partial charge in [-0.15, -0.1) is 0 Å². The predicted molar refractivity (Wildman–Crippen MR) is 138 cm³/mol. The fourth-order valence-corrected chi connectivity index (χ4v) is 4.83. The van der Waals surface area contributed by atoms with Crippen LogP contribution in [0.1, 0.15) is 37.0 Å². The molecule has 0 saturated carbocycles. The molecule has 0 aliphatic heterocycles. The van der Waals surface area contributed by atoms with Gasteiger partial charge in [0.1, 0.15) is 12.6 Å². The summed E-state index contributed by atoms with van der Waals surface area (Å²) in [6.45, 7) is 7.06. The van der Waals surface area contributed by atoms with Crippen molar-refractivity contribution in [2.45, 2.75) is 46.7 Å². The molecule has 10 heteroatoms. The normalized spacial score (nSPS) is 12.2. The van der Waals surface area contributed by atoms with Crippen LogP contribution in [0.3, 0.4) is 0 Å². The fourth-order valence-electron chi connectivity index (χ4n) is 3.42. The Bertz CT molecular complexity index is 1130. The molecule has 0 aromatic heterocycles. The van der Waals surface area contributed by atoms with Gasteiger partial charge in [-0.3, -0.25) is 13.9 Å². The first-order valence-corrected chi connectivity index (χ1v) is 13.5. The second-order valence-corrected chi connectivity index (χ2v) is 11.0. The van der Waals surface area contributed by atoms with E-state index in [-0.39, 0.29) is 12.5 Å². The number of nitrogens with one attached hydrogen (secondary N) is 1. The summed E-state index contributed by atoms with van der Waals surface area (Å²) >= 11 is 12.7. The Morgan fingerprint density at radius 3 is 2.26 bits per heavy atom. The Labute approximate surface area is 212 Å². The van der Waals surface area contributed by atoms with E-state index in [0.29, 0.717) is 33.4 Å². The summed E-state index contributed by atoms with van der Waals surface area (Å²) in [6.07, 6.45) is 1.78. The number of rotatable bonds is 10. The number of nitrogens with zero attached hydrogens (tertiary/aromatic N) is 2. The SMILES string of the molecule is CCCNC(=O)[C@H](C)N(Cc1c(Cl)cccc1Cl)C(=O)CN(c1cc(C)ccc1C)S(C)(=O)=O. The second kappa shape index (κ2) is 11.9. The topological polar surface area (TPSA) is 86.8 Å². The van der Waals surface area contributed by atoms with E-state index >= 15 is 0 Å². The number of carbonyl (C=O) groups excluding carboxylic acids is 2. The van der Waals surface area contributed by atoms with Crippen molar-refractivity contribution in [2.75, 3.05) is 23.7 Å². The lowest BCUT2D eigenvalue weighted by atomic mass is 10.1. The average Bonchev–Trinajstić information content (AvgIpc) is 2.76. The molecule has 0 aliphatic carbocycles. The highest BCUT2D eigenvalue weighted by atomic mass is 35.5. The van der Waals surface area contributed by atoms with E-state index in [2.05, 4.69) is 5.32 Å². The molecule has 1 atom stereocenters. The van der Waals surface area contributed by atoms with Crippen molar-refractivity contribution in [2.24, 2.45) is 0 Å². The molecule has 0 spiro atoms. The van der Waals surface area contributed by atoms with Gasteiger partial charge in [-0.25, -0.2) is 8.42 Å². The van der Waals surface area contributed by atoms with Crippen LogP contribution in [-0.2, 0) is 26.2 Å². The quantitative estimate of drug-likeness (QED) is 0.498. The van der Waals surface area contributed by atoms with E-state index < -0.39 is 28.5 Å². The predicted octanol–water partition coefficient (Wildman–Crippen LogP) is 4.32. The van der Waals surface area contributed by atoms with Crippen LogP contribution in [0.25, 0.3) is 0 Å².